The lowest BCUT2D eigenvalue weighted by atomic mass is 10.0. The summed E-state index contributed by atoms with van der Waals surface area (Å²) in [6.45, 7) is 2.55. The molecule has 1 heterocycles. The van der Waals surface area contributed by atoms with Crippen LogP contribution in [0.2, 0.25) is 0 Å². The average Bonchev–Trinajstić information content (AvgIpc) is 2.83. The molecule has 4 nitrogen and oxygen atoms in total. The zero-order valence-corrected chi connectivity index (χ0v) is 11.7. The summed E-state index contributed by atoms with van der Waals surface area (Å²) < 4.78 is 0. The predicted molar refractivity (Wildman–Crippen MR) is 78.4 cm³/mol. The zero-order chi connectivity index (χ0) is 13.5. The molecule has 0 aliphatic heterocycles. The standard InChI is InChI=1S/C14H16N4S/c1-11-17-14(10-19-11)6-5-12-3-2-4-13(9-12)7-8-16-18-15/h2-4,9-10H,5-8H2,1H3. The number of benzene rings is 1. The van der Waals surface area contributed by atoms with Gasteiger partial charge in [0.25, 0.3) is 0 Å². The summed E-state index contributed by atoms with van der Waals surface area (Å²) in [6.07, 6.45) is 2.77. The first kappa shape index (κ1) is 13.6. The van der Waals surface area contributed by atoms with Crippen LogP contribution in [-0.4, -0.2) is 11.5 Å². The second-order valence-corrected chi connectivity index (χ2v) is 5.44. The Balaban J connectivity index is 1.92. The maximum absolute atomic E-state index is 8.26. The summed E-state index contributed by atoms with van der Waals surface area (Å²) in [6, 6.07) is 8.46. The van der Waals surface area contributed by atoms with Gasteiger partial charge in [0.1, 0.15) is 0 Å². The van der Waals surface area contributed by atoms with Gasteiger partial charge in [0, 0.05) is 16.8 Å². The Hall–Kier alpha value is -1.84. The van der Waals surface area contributed by atoms with Crippen molar-refractivity contribution in [3.63, 3.8) is 0 Å². The third-order valence-electron chi connectivity index (χ3n) is 2.89. The number of aromatic nitrogens is 1. The van der Waals surface area contributed by atoms with Crippen molar-refractivity contribution in [3.8, 4) is 0 Å². The number of aryl methyl sites for hydroxylation is 3. The van der Waals surface area contributed by atoms with Crippen molar-refractivity contribution in [2.24, 2.45) is 5.11 Å². The summed E-state index contributed by atoms with van der Waals surface area (Å²) in [7, 11) is 0. The van der Waals surface area contributed by atoms with E-state index in [0.717, 1.165) is 24.3 Å². The van der Waals surface area contributed by atoms with Crippen LogP contribution in [0.25, 0.3) is 10.4 Å². The minimum Gasteiger partial charge on any atom is -0.247 e. The van der Waals surface area contributed by atoms with Crippen molar-refractivity contribution in [3.05, 3.63) is 61.9 Å². The lowest BCUT2D eigenvalue weighted by Crippen LogP contribution is -1.94. The lowest BCUT2D eigenvalue weighted by molar-refractivity contribution is 0.907. The molecule has 1 aromatic heterocycles. The van der Waals surface area contributed by atoms with Gasteiger partial charge in [-0.25, -0.2) is 4.98 Å². The van der Waals surface area contributed by atoms with Gasteiger partial charge in [0.2, 0.25) is 0 Å². The maximum Gasteiger partial charge on any atom is 0.0897 e. The number of rotatable bonds is 6. The van der Waals surface area contributed by atoms with E-state index in [0.29, 0.717) is 6.54 Å². The summed E-state index contributed by atoms with van der Waals surface area (Å²) in [5.41, 5.74) is 12.0. The van der Waals surface area contributed by atoms with E-state index in [1.165, 1.54) is 16.8 Å². The second-order valence-electron chi connectivity index (χ2n) is 4.38. The first-order valence-corrected chi connectivity index (χ1v) is 7.15. The summed E-state index contributed by atoms with van der Waals surface area (Å²) >= 11 is 1.70. The van der Waals surface area contributed by atoms with Gasteiger partial charge in [-0.1, -0.05) is 29.4 Å². The molecule has 2 rings (SSSR count). The van der Waals surface area contributed by atoms with Crippen LogP contribution in [0.3, 0.4) is 0 Å². The highest BCUT2D eigenvalue weighted by molar-refractivity contribution is 7.09. The van der Waals surface area contributed by atoms with Crippen molar-refractivity contribution in [1.29, 1.82) is 0 Å². The molecule has 0 spiro atoms. The third kappa shape index (κ3) is 4.39. The third-order valence-corrected chi connectivity index (χ3v) is 3.71. The van der Waals surface area contributed by atoms with Gasteiger partial charge in [-0.2, -0.15) is 0 Å². The molecule has 0 bridgehead atoms. The van der Waals surface area contributed by atoms with E-state index < -0.39 is 0 Å². The summed E-state index contributed by atoms with van der Waals surface area (Å²) in [5, 5.41) is 6.81. The first-order chi connectivity index (χ1) is 9.28. The van der Waals surface area contributed by atoms with Crippen LogP contribution in [0, 0.1) is 6.92 Å². The van der Waals surface area contributed by atoms with E-state index in [4.69, 9.17) is 5.53 Å². The number of thiazole rings is 1. The monoisotopic (exact) mass is 272 g/mol. The van der Waals surface area contributed by atoms with E-state index in [2.05, 4.69) is 44.7 Å². The predicted octanol–water partition coefficient (Wildman–Crippen LogP) is 4.09. The number of hydrogen-bond donors (Lipinski definition) is 0. The smallest absolute Gasteiger partial charge is 0.0897 e. The topological polar surface area (TPSA) is 61.7 Å². The fourth-order valence-electron chi connectivity index (χ4n) is 1.96. The molecule has 19 heavy (non-hydrogen) atoms. The van der Waals surface area contributed by atoms with Crippen LogP contribution < -0.4 is 0 Å². The van der Waals surface area contributed by atoms with Crippen LogP contribution in [0.1, 0.15) is 21.8 Å². The van der Waals surface area contributed by atoms with Crippen molar-refractivity contribution in [2.75, 3.05) is 6.54 Å². The van der Waals surface area contributed by atoms with Gasteiger partial charge < -0.3 is 0 Å². The average molecular weight is 272 g/mol. The molecule has 0 saturated heterocycles. The normalized spacial score (nSPS) is 10.2. The van der Waals surface area contributed by atoms with Crippen molar-refractivity contribution >= 4 is 11.3 Å². The Kier molecular flexibility index (Phi) is 4.95. The van der Waals surface area contributed by atoms with Gasteiger partial charge in [0.05, 0.1) is 10.7 Å². The van der Waals surface area contributed by atoms with E-state index in [9.17, 15) is 0 Å². The lowest BCUT2D eigenvalue weighted by Gasteiger charge is -2.03. The Labute approximate surface area is 116 Å². The fraction of sp³-hybridized carbons (Fsp3) is 0.357. The van der Waals surface area contributed by atoms with Crippen LogP contribution in [0.15, 0.2) is 34.8 Å². The molecule has 0 amide bonds. The van der Waals surface area contributed by atoms with E-state index in [-0.39, 0.29) is 0 Å². The van der Waals surface area contributed by atoms with Gasteiger partial charge in [-0.05, 0) is 42.8 Å². The highest BCUT2D eigenvalue weighted by atomic mass is 32.1. The van der Waals surface area contributed by atoms with Crippen molar-refractivity contribution < 1.29 is 0 Å². The van der Waals surface area contributed by atoms with Gasteiger partial charge >= 0.3 is 0 Å². The number of hydrogen-bond acceptors (Lipinski definition) is 3. The quantitative estimate of drug-likeness (QED) is 0.444. The van der Waals surface area contributed by atoms with Gasteiger partial charge in [-0.3, -0.25) is 0 Å². The fourth-order valence-corrected chi connectivity index (χ4v) is 2.61. The number of azide groups is 1. The minimum atomic E-state index is 0.519. The molecule has 0 atom stereocenters. The van der Waals surface area contributed by atoms with E-state index in [1.54, 1.807) is 11.3 Å². The largest absolute Gasteiger partial charge is 0.247 e. The second kappa shape index (κ2) is 6.92. The zero-order valence-electron chi connectivity index (χ0n) is 10.9. The van der Waals surface area contributed by atoms with Crippen LogP contribution in [0.4, 0.5) is 0 Å². The molecule has 0 unspecified atom stereocenters. The number of nitrogens with zero attached hydrogens (tertiary/aromatic N) is 4. The summed E-state index contributed by atoms with van der Waals surface area (Å²) in [4.78, 5) is 7.24. The molecular formula is C14H16N4S. The highest BCUT2D eigenvalue weighted by Crippen LogP contribution is 2.13. The van der Waals surface area contributed by atoms with Crippen molar-refractivity contribution in [2.45, 2.75) is 26.2 Å². The van der Waals surface area contributed by atoms with Crippen molar-refractivity contribution in [1.82, 2.24) is 4.98 Å². The van der Waals surface area contributed by atoms with E-state index >= 15 is 0 Å². The Bertz CT molecular complexity index is 585. The highest BCUT2D eigenvalue weighted by Gasteiger charge is 2.01. The van der Waals surface area contributed by atoms with Crippen LogP contribution >= 0.6 is 11.3 Å². The molecule has 0 radical (unpaired) electrons. The molecule has 0 N–H and O–H groups in total. The first-order valence-electron chi connectivity index (χ1n) is 6.27. The molecule has 0 aliphatic carbocycles. The Morgan fingerprint density at radius 3 is 2.74 bits per heavy atom. The molecule has 2 aromatic rings. The molecular weight excluding hydrogens is 256 g/mol. The van der Waals surface area contributed by atoms with Crippen LogP contribution in [-0.2, 0) is 19.3 Å². The molecule has 1 aromatic carbocycles. The minimum absolute atomic E-state index is 0.519. The van der Waals surface area contributed by atoms with Gasteiger partial charge in [-0.15, -0.1) is 11.3 Å². The van der Waals surface area contributed by atoms with Gasteiger partial charge in [0.15, 0.2) is 0 Å². The molecule has 98 valence electrons. The molecule has 5 heteroatoms. The maximum atomic E-state index is 8.26. The molecule has 0 fully saturated rings. The Morgan fingerprint density at radius 2 is 2.05 bits per heavy atom. The Morgan fingerprint density at radius 1 is 1.26 bits per heavy atom. The molecule has 0 aliphatic rings. The SMILES string of the molecule is Cc1nc(CCc2cccc(CCN=[N+]=[N-])c2)cs1. The summed E-state index contributed by atoms with van der Waals surface area (Å²) in [5.74, 6) is 0. The molecule has 0 saturated carbocycles. The van der Waals surface area contributed by atoms with Crippen LogP contribution in [0.5, 0.6) is 0 Å². The van der Waals surface area contributed by atoms with E-state index in [1.807, 2.05) is 6.92 Å².